The van der Waals surface area contributed by atoms with Crippen LogP contribution in [0.5, 0.6) is 0 Å². The van der Waals surface area contributed by atoms with Crippen LogP contribution >= 0.6 is 0 Å². The zero-order valence-corrected chi connectivity index (χ0v) is 5.28. The van der Waals surface area contributed by atoms with Gasteiger partial charge < -0.3 is 10.5 Å². The van der Waals surface area contributed by atoms with E-state index in [1.807, 2.05) is 0 Å². The predicted molar refractivity (Wildman–Crippen MR) is 32.9 cm³/mol. The monoisotopic (exact) mass is 118 g/mol. The molecule has 3 nitrogen and oxygen atoms in total. The van der Waals surface area contributed by atoms with Crippen LogP contribution in [0.15, 0.2) is 0 Å². The van der Waals surface area contributed by atoms with E-state index >= 15 is 0 Å². The molecule has 0 rings (SSSR count). The zero-order chi connectivity index (χ0) is 6.24. The van der Waals surface area contributed by atoms with Gasteiger partial charge in [0, 0.05) is 13.1 Å². The summed E-state index contributed by atoms with van der Waals surface area (Å²) >= 11 is 0. The maximum absolute atomic E-state index is 8.08. The van der Waals surface area contributed by atoms with Crippen molar-refractivity contribution in [1.29, 1.82) is 0 Å². The maximum atomic E-state index is 8.08. The van der Waals surface area contributed by atoms with Crippen molar-refractivity contribution in [3.05, 3.63) is 0 Å². The summed E-state index contributed by atoms with van der Waals surface area (Å²) in [7, 11) is 0. The van der Waals surface area contributed by atoms with Crippen LogP contribution in [-0.2, 0) is 0 Å². The fourth-order valence-electron chi connectivity index (χ4n) is 0.446. The van der Waals surface area contributed by atoms with Crippen LogP contribution in [0.25, 0.3) is 0 Å². The first-order valence-corrected chi connectivity index (χ1v) is 2.99. The second-order valence-electron chi connectivity index (χ2n) is 1.66. The number of nitrogens with one attached hydrogen (secondary N) is 2. The Bertz CT molecular complexity index is 35.4. The van der Waals surface area contributed by atoms with Crippen molar-refractivity contribution in [2.24, 2.45) is 0 Å². The van der Waals surface area contributed by atoms with E-state index < -0.39 is 0 Å². The number of hydrogen-bond donors (Lipinski definition) is 3. The molecular formula is C5H14N2O. The van der Waals surface area contributed by atoms with E-state index in [1.54, 1.807) is 0 Å². The summed E-state index contributed by atoms with van der Waals surface area (Å²) in [4.78, 5) is 0. The summed E-state index contributed by atoms with van der Waals surface area (Å²) in [5.41, 5.74) is 2.06. The van der Waals surface area contributed by atoms with Crippen LogP contribution in [0.2, 0.25) is 0 Å². The summed E-state index contributed by atoms with van der Waals surface area (Å²) in [6.45, 7) is 4.60. The normalized spacial score (nSPS) is 9.75. The predicted octanol–water partition coefficient (Wildman–Crippen LogP) is -0.0352. The van der Waals surface area contributed by atoms with Crippen molar-refractivity contribution < 1.29 is 5.21 Å². The van der Waals surface area contributed by atoms with E-state index in [1.165, 1.54) is 0 Å². The molecule has 0 amide bonds. The molecule has 0 saturated heterocycles. The van der Waals surface area contributed by atoms with Crippen molar-refractivity contribution in [2.45, 2.75) is 13.3 Å². The number of hydroxylamine groups is 1. The van der Waals surface area contributed by atoms with Gasteiger partial charge in [0.25, 0.3) is 0 Å². The zero-order valence-electron chi connectivity index (χ0n) is 5.28. The van der Waals surface area contributed by atoms with E-state index in [0.717, 1.165) is 19.5 Å². The highest BCUT2D eigenvalue weighted by atomic mass is 16.5. The van der Waals surface area contributed by atoms with Crippen LogP contribution in [0.4, 0.5) is 0 Å². The van der Waals surface area contributed by atoms with Gasteiger partial charge in [-0.05, 0) is 13.0 Å². The van der Waals surface area contributed by atoms with E-state index in [-0.39, 0.29) is 0 Å². The summed E-state index contributed by atoms with van der Waals surface area (Å²) in [5.74, 6) is 0. The van der Waals surface area contributed by atoms with Gasteiger partial charge in [-0.15, -0.1) is 0 Å². The molecular weight excluding hydrogens is 104 g/mol. The van der Waals surface area contributed by atoms with Crippen molar-refractivity contribution in [3.8, 4) is 0 Å². The first-order chi connectivity index (χ1) is 3.91. The molecule has 0 bridgehead atoms. The average molecular weight is 118 g/mol. The molecule has 0 fully saturated rings. The highest BCUT2D eigenvalue weighted by Crippen LogP contribution is 1.66. The molecule has 0 aromatic heterocycles. The van der Waals surface area contributed by atoms with Gasteiger partial charge in [-0.25, -0.2) is 5.48 Å². The highest BCUT2D eigenvalue weighted by Gasteiger charge is 1.80. The molecule has 3 heteroatoms. The van der Waals surface area contributed by atoms with Gasteiger partial charge in [0.1, 0.15) is 0 Å². The Morgan fingerprint density at radius 3 is 2.50 bits per heavy atom. The molecule has 3 N–H and O–H groups in total. The standard InChI is InChI=1S/C5H14N2O/c1-2-3-6-4-5-7-8/h6-8H,2-5H2,1H3. The SMILES string of the molecule is CCCNCCNO. The minimum Gasteiger partial charge on any atom is -0.317 e. The Kier molecular flexibility index (Phi) is 6.78. The van der Waals surface area contributed by atoms with Crippen molar-refractivity contribution >= 4 is 0 Å². The molecule has 0 heterocycles. The van der Waals surface area contributed by atoms with E-state index in [9.17, 15) is 0 Å². The third-order valence-corrected chi connectivity index (χ3v) is 0.840. The lowest BCUT2D eigenvalue weighted by Gasteiger charge is -1.98. The lowest BCUT2D eigenvalue weighted by molar-refractivity contribution is 0.167. The minimum absolute atomic E-state index is 0.625. The van der Waals surface area contributed by atoms with Gasteiger partial charge in [-0.3, -0.25) is 0 Å². The van der Waals surface area contributed by atoms with E-state index in [0.29, 0.717) is 6.54 Å². The molecule has 0 aliphatic carbocycles. The fourth-order valence-corrected chi connectivity index (χ4v) is 0.446. The Labute approximate surface area is 50.0 Å². The van der Waals surface area contributed by atoms with Crippen molar-refractivity contribution in [1.82, 2.24) is 10.8 Å². The lowest BCUT2D eigenvalue weighted by Crippen LogP contribution is -2.25. The first kappa shape index (κ1) is 7.88. The van der Waals surface area contributed by atoms with E-state index in [2.05, 4.69) is 17.7 Å². The third kappa shape index (κ3) is 5.88. The largest absolute Gasteiger partial charge is 0.317 e. The molecule has 0 spiro atoms. The van der Waals surface area contributed by atoms with Crippen LogP contribution in [0.1, 0.15) is 13.3 Å². The molecule has 0 radical (unpaired) electrons. The lowest BCUT2D eigenvalue weighted by atomic mass is 10.5. The molecule has 0 saturated carbocycles. The smallest absolute Gasteiger partial charge is 0.0332 e. The van der Waals surface area contributed by atoms with Gasteiger partial charge >= 0.3 is 0 Å². The molecule has 0 aliphatic rings. The van der Waals surface area contributed by atoms with Gasteiger partial charge in [0.2, 0.25) is 0 Å². The van der Waals surface area contributed by atoms with Crippen LogP contribution in [-0.4, -0.2) is 24.8 Å². The highest BCUT2D eigenvalue weighted by molar-refractivity contribution is 4.43. The van der Waals surface area contributed by atoms with Gasteiger partial charge in [-0.2, -0.15) is 0 Å². The number of rotatable bonds is 5. The average Bonchev–Trinajstić information content (AvgIpc) is 1.81. The molecule has 0 aromatic carbocycles. The van der Waals surface area contributed by atoms with Gasteiger partial charge in [0.15, 0.2) is 0 Å². The molecule has 8 heavy (non-hydrogen) atoms. The van der Waals surface area contributed by atoms with Crippen LogP contribution in [0.3, 0.4) is 0 Å². The maximum Gasteiger partial charge on any atom is 0.0332 e. The Hall–Kier alpha value is -0.120. The van der Waals surface area contributed by atoms with Gasteiger partial charge in [0.05, 0.1) is 0 Å². The Morgan fingerprint density at radius 2 is 2.00 bits per heavy atom. The first-order valence-electron chi connectivity index (χ1n) is 2.99. The fraction of sp³-hybridized carbons (Fsp3) is 1.00. The Balaban J connectivity index is 2.53. The minimum atomic E-state index is 0.625. The third-order valence-electron chi connectivity index (χ3n) is 0.840. The molecule has 50 valence electrons. The number of hydrogen-bond acceptors (Lipinski definition) is 3. The molecule has 0 aromatic rings. The summed E-state index contributed by atoms with van der Waals surface area (Å²) in [5, 5.41) is 11.2. The summed E-state index contributed by atoms with van der Waals surface area (Å²) < 4.78 is 0. The second-order valence-corrected chi connectivity index (χ2v) is 1.66. The summed E-state index contributed by atoms with van der Waals surface area (Å²) in [6, 6.07) is 0. The molecule has 0 atom stereocenters. The van der Waals surface area contributed by atoms with Crippen LogP contribution in [0, 0.1) is 0 Å². The quantitative estimate of drug-likeness (QED) is 0.351. The van der Waals surface area contributed by atoms with Crippen LogP contribution < -0.4 is 10.8 Å². The topological polar surface area (TPSA) is 44.3 Å². The molecule has 0 unspecified atom stereocenters. The summed E-state index contributed by atoms with van der Waals surface area (Å²) in [6.07, 6.45) is 1.14. The van der Waals surface area contributed by atoms with Gasteiger partial charge in [-0.1, -0.05) is 6.92 Å². The second kappa shape index (κ2) is 6.88. The van der Waals surface area contributed by atoms with Crippen molar-refractivity contribution in [2.75, 3.05) is 19.6 Å². The van der Waals surface area contributed by atoms with E-state index in [4.69, 9.17) is 5.21 Å². The van der Waals surface area contributed by atoms with Crippen molar-refractivity contribution in [3.63, 3.8) is 0 Å². The molecule has 0 aliphatic heterocycles. The Morgan fingerprint density at radius 1 is 1.25 bits per heavy atom.